The van der Waals surface area contributed by atoms with Gasteiger partial charge in [-0.1, -0.05) is 34.1 Å². The smallest absolute Gasteiger partial charge is 0.263 e. The van der Waals surface area contributed by atoms with Gasteiger partial charge in [-0.2, -0.15) is 0 Å². The van der Waals surface area contributed by atoms with Crippen LogP contribution in [0.4, 0.5) is 5.69 Å². The summed E-state index contributed by atoms with van der Waals surface area (Å²) in [4.78, 5) is 0.386. The fraction of sp³-hybridized carbons (Fsp3) is 0.294. The highest BCUT2D eigenvalue weighted by Gasteiger charge is 2.36. The Morgan fingerprint density at radius 3 is 2.55 bits per heavy atom. The summed E-state index contributed by atoms with van der Waals surface area (Å²) in [6.45, 7) is 5.70. The number of nitrogens with zero attached hydrogens (tertiary/aromatic N) is 1. The predicted octanol–water partition coefficient (Wildman–Crippen LogP) is 4.21. The van der Waals surface area contributed by atoms with Crippen LogP contribution in [0.5, 0.6) is 0 Å². The van der Waals surface area contributed by atoms with Crippen LogP contribution in [0.3, 0.4) is 0 Å². The van der Waals surface area contributed by atoms with Crippen LogP contribution < -0.4 is 4.31 Å². The number of para-hydroxylation sites is 1. The lowest BCUT2D eigenvalue weighted by atomic mass is 10.1. The zero-order chi connectivity index (χ0) is 16.1. The van der Waals surface area contributed by atoms with E-state index in [1.165, 1.54) is 0 Å². The number of fused-ring (bicyclic) bond motifs is 1. The van der Waals surface area contributed by atoms with Crippen molar-refractivity contribution in [1.29, 1.82) is 0 Å². The fourth-order valence-corrected chi connectivity index (χ4v) is 5.49. The zero-order valence-corrected chi connectivity index (χ0v) is 15.2. The molecule has 0 saturated heterocycles. The molecule has 0 radical (unpaired) electrons. The van der Waals surface area contributed by atoms with Crippen LogP contribution >= 0.6 is 15.9 Å². The zero-order valence-electron chi connectivity index (χ0n) is 12.8. The minimum absolute atomic E-state index is 0.0641. The van der Waals surface area contributed by atoms with Crippen molar-refractivity contribution in [2.24, 2.45) is 0 Å². The Hall–Kier alpha value is -1.33. The van der Waals surface area contributed by atoms with E-state index in [9.17, 15) is 8.42 Å². The van der Waals surface area contributed by atoms with Crippen LogP contribution in [0.1, 0.15) is 23.6 Å². The lowest BCUT2D eigenvalue weighted by Crippen LogP contribution is -2.36. The molecule has 5 heteroatoms. The molecule has 0 amide bonds. The molecule has 0 aromatic heterocycles. The first kappa shape index (κ1) is 15.6. The Balaban J connectivity index is 2.17. The summed E-state index contributed by atoms with van der Waals surface area (Å²) in [6.07, 6.45) is 0.754. The predicted molar refractivity (Wildman–Crippen MR) is 92.9 cm³/mol. The summed E-state index contributed by atoms with van der Waals surface area (Å²) < 4.78 is 28.9. The second-order valence-electron chi connectivity index (χ2n) is 5.85. The molecule has 1 heterocycles. The van der Waals surface area contributed by atoms with Gasteiger partial charge in [0.1, 0.15) is 0 Å². The molecule has 1 aliphatic rings. The summed E-state index contributed by atoms with van der Waals surface area (Å²) in [6, 6.07) is 11.3. The van der Waals surface area contributed by atoms with Crippen molar-refractivity contribution in [1.82, 2.24) is 0 Å². The summed E-state index contributed by atoms with van der Waals surface area (Å²) in [7, 11) is -3.56. The van der Waals surface area contributed by atoms with E-state index < -0.39 is 10.0 Å². The van der Waals surface area contributed by atoms with Crippen LogP contribution in [0.15, 0.2) is 45.8 Å². The first-order valence-electron chi connectivity index (χ1n) is 7.21. The number of benzene rings is 2. The molecule has 3 nitrogen and oxygen atoms in total. The van der Waals surface area contributed by atoms with E-state index in [0.29, 0.717) is 4.90 Å². The van der Waals surface area contributed by atoms with E-state index in [2.05, 4.69) is 15.9 Å². The van der Waals surface area contributed by atoms with Crippen molar-refractivity contribution in [2.45, 2.75) is 38.1 Å². The minimum Gasteiger partial charge on any atom is -0.263 e. The second-order valence-corrected chi connectivity index (χ2v) is 8.49. The van der Waals surface area contributed by atoms with Crippen molar-refractivity contribution in [3.05, 3.63) is 57.6 Å². The van der Waals surface area contributed by atoms with E-state index in [1.807, 2.05) is 51.1 Å². The van der Waals surface area contributed by atoms with Gasteiger partial charge in [0.15, 0.2) is 0 Å². The van der Waals surface area contributed by atoms with Gasteiger partial charge in [0.2, 0.25) is 0 Å². The van der Waals surface area contributed by atoms with Crippen molar-refractivity contribution in [2.75, 3.05) is 4.31 Å². The number of sulfonamides is 1. The van der Waals surface area contributed by atoms with Crippen molar-refractivity contribution >= 4 is 31.6 Å². The molecule has 1 aliphatic heterocycles. The number of anilines is 1. The lowest BCUT2D eigenvalue weighted by Gasteiger charge is -2.25. The number of rotatable bonds is 2. The fourth-order valence-electron chi connectivity index (χ4n) is 3.04. The maximum Gasteiger partial charge on any atom is 0.264 e. The van der Waals surface area contributed by atoms with Crippen LogP contribution in [-0.2, 0) is 16.4 Å². The third-order valence-electron chi connectivity index (χ3n) is 4.14. The van der Waals surface area contributed by atoms with E-state index >= 15 is 0 Å². The van der Waals surface area contributed by atoms with Gasteiger partial charge >= 0.3 is 0 Å². The molecule has 2 aromatic carbocycles. The molecule has 0 fully saturated rings. The number of hydrogen-bond acceptors (Lipinski definition) is 2. The van der Waals surface area contributed by atoms with E-state index in [1.54, 1.807) is 10.4 Å². The van der Waals surface area contributed by atoms with Crippen LogP contribution in [0.2, 0.25) is 0 Å². The monoisotopic (exact) mass is 379 g/mol. The van der Waals surface area contributed by atoms with Gasteiger partial charge < -0.3 is 0 Å². The van der Waals surface area contributed by atoms with Gasteiger partial charge in [-0.25, -0.2) is 8.42 Å². The molecule has 2 aromatic rings. The Kier molecular flexibility index (Phi) is 3.81. The van der Waals surface area contributed by atoms with E-state index in [4.69, 9.17) is 0 Å². The summed E-state index contributed by atoms with van der Waals surface area (Å²) in [5.74, 6) is 0. The van der Waals surface area contributed by atoms with Crippen molar-refractivity contribution in [3.63, 3.8) is 0 Å². The highest BCUT2D eigenvalue weighted by molar-refractivity contribution is 9.10. The molecular formula is C17H18BrNO2S. The SMILES string of the molecule is Cc1cc(S(=O)(=O)N2c3ccccc3C[C@@H]2C)c(C)cc1Br. The number of halogens is 1. The van der Waals surface area contributed by atoms with E-state index in [0.717, 1.165) is 33.3 Å². The maximum absolute atomic E-state index is 13.2. The number of aryl methyl sites for hydroxylation is 2. The van der Waals surface area contributed by atoms with Crippen LogP contribution in [0, 0.1) is 13.8 Å². The molecule has 1 atom stereocenters. The first-order chi connectivity index (χ1) is 10.3. The molecule has 0 N–H and O–H groups in total. The summed E-state index contributed by atoms with van der Waals surface area (Å²) in [5.41, 5.74) is 3.57. The normalized spacial score (nSPS) is 17.6. The molecule has 0 unspecified atom stereocenters. The molecular weight excluding hydrogens is 362 g/mol. The van der Waals surface area contributed by atoms with Gasteiger partial charge in [-0.15, -0.1) is 0 Å². The Morgan fingerprint density at radius 2 is 1.82 bits per heavy atom. The quantitative estimate of drug-likeness (QED) is 0.783. The molecule has 0 aliphatic carbocycles. The molecule has 116 valence electrons. The van der Waals surface area contributed by atoms with Gasteiger partial charge in [0.25, 0.3) is 10.0 Å². The molecule has 0 saturated carbocycles. The summed E-state index contributed by atoms with van der Waals surface area (Å²) in [5, 5.41) is 0. The third kappa shape index (κ3) is 2.36. The standard InChI is InChI=1S/C17H18BrNO2S/c1-11-9-17(12(2)8-15(11)18)22(20,21)19-13(3)10-14-6-4-5-7-16(14)19/h4-9,13H,10H2,1-3H3/t13-/m0/s1. The van der Waals surface area contributed by atoms with Gasteiger partial charge in [0, 0.05) is 10.5 Å². The average molecular weight is 380 g/mol. The summed E-state index contributed by atoms with van der Waals surface area (Å²) >= 11 is 3.46. The largest absolute Gasteiger partial charge is 0.264 e. The Bertz CT molecular complexity index is 846. The second kappa shape index (κ2) is 5.39. The third-order valence-corrected chi connectivity index (χ3v) is 7.06. The maximum atomic E-state index is 13.2. The molecule has 22 heavy (non-hydrogen) atoms. The Morgan fingerprint density at radius 1 is 1.14 bits per heavy atom. The first-order valence-corrected chi connectivity index (χ1v) is 9.45. The van der Waals surface area contributed by atoms with Gasteiger partial charge in [0.05, 0.1) is 10.6 Å². The van der Waals surface area contributed by atoms with Gasteiger partial charge in [-0.3, -0.25) is 4.31 Å². The molecule has 3 rings (SSSR count). The Labute approximate surface area is 140 Å². The van der Waals surface area contributed by atoms with Crippen LogP contribution in [-0.4, -0.2) is 14.5 Å². The topological polar surface area (TPSA) is 37.4 Å². The van der Waals surface area contributed by atoms with Crippen LogP contribution in [0.25, 0.3) is 0 Å². The molecule has 0 spiro atoms. The minimum atomic E-state index is -3.56. The highest BCUT2D eigenvalue weighted by Crippen LogP contribution is 2.37. The highest BCUT2D eigenvalue weighted by atomic mass is 79.9. The van der Waals surface area contributed by atoms with Crippen molar-refractivity contribution < 1.29 is 8.42 Å². The lowest BCUT2D eigenvalue weighted by molar-refractivity contribution is 0.583. The molecule has 0 bridgehead atoms. The van der Waals surface area contributed by atoms with Gasteiger partial charge in [-0.05, 0) is 62.1 Å². The number of hydrogen-bond donors (Lipinski definition) is 0. The van der Waals surface area contributed by atoms with Crippen molar-refractivity contribution in [3.8, 4) is 0 Å². The average Bonchev–Trinajstić information content (AvgIpc) is 2.79. The van der Waals surface area contributed by atoms with E-state index in [-0.39, 0.29) is 6.04 Å².